The Morgan fingerprint density at radius 1 is 0.957 bits per heavy atom. The largest absolute Gasteiger partial charge is 0.493 e. The monoisotopic (exact) mass is 642 g/mol. The summed E-state index contributed by atoms with van der Waals surface area (Å²) in [5, 5.41) is 13.8. The third kappa shape index (κ3) is 10.6. The van der Waals surface area contributed by atoms with Gasteiger partial charge in [-0.1, -0.05) is 0 Å². The Bertz CT molecular complexity index is 1350. The van der Waals surface area contributed by atoms with Crippen LogP contribution in [0.3, 0.4) is 0 Å². The second-order valence-corrected chi connectivity index (χ2v) is 10.4. The Labute approximate surface area is 267 Å². The highest BCUT2D eigenvalue weighted by molar-refractivity contribution is 5.81. The molecule has 2 aromatic heterocycles. The molecule has 0 saturated carbocycles. The van der Waals surface area contributed by atoms with E-state index in [0.29, 0.717) is 50.9 Å². The number of benzene rings is 1. The molecule has 3 aromatic rings. The topological polar surface area (TPSA) is 179 Å². The molecule has 2 amide bonds. The maximum atomic E-state index is 13.3. The summed E-state index contributed by atoms with van der Waals surface area (Å²) in [7, 11) is 1.61. The number of carbonyl (C=O) groups is 4. The van der Waals surface area contributed by atoms with Crippen LogP contribution >= 0.6 is 0 Å². The Kier molecular flexibility index (Phi) is 15.0. The number of aryl methyl sites for hydroxylation is 1. The van der Waals surface area contributed by atoms with Crippen molar-refractivity contribution in [1.29, 1.82) is 0 Å². The Morgan fingerprint density at radius 2 is 1.70 bits per heavy atom. The van der Waals surface area contributed by atoms with E-state index in [1.807, 2.05) is 34.2 Å². The van der Waals surface area contributed by atoms with Crippen LogP contribution in [0, 0.1) is 0 Å². The number of amides is 2. The smallest absolute Gasteiger partial charge is 0.290 e. The zero-order chi connectivity index (χ0) is 33.1. The fourth-order valence-corrected chi connectivity index (χ4v) is 5.29. The predicted molar refractivity (Wildman–Crippen MR) is 165 cm³/mol. The van der Waals surface area contributed by atoms with Crippen LogP contribution in [-0.2, 0) is 37.0 Å². The summed E-state index contributed by atoms with van der Waals surface area (Å²) in [6.07, 6.45) is 12.5. The fraction of sp³-hybridized carbons (Fsp3) is 0.484. The lowest BCUT2D eigenvalue weighted by molar-refractivity contribution is -0.141. The summed E-state index contributed by atoms with van der Waals surface area (Å²) >= 11 is 0. The molecule has 2 N–H and O–H groups in total. The van der Waals surface area contributed by atoms with Crippen molar-refractivity contribution in [2.24, 2.45) is 0 Å². The average molecular weight is 643 g/mol. The van der Waals surface area contributed by atoms with Crippen LogP contribution < -0.4 is 9.47 Å². The van der Waals surface area contributed by atoms with Gasteiger partial charge in [0.05, 0.1) is 20.0 Å². The number of nitrogens with zero attached hydrogens (tertiary/aromatic N) is 6. The van der Waals surface area contributed by atoms with Crippen molar-refractivity contribution in [2.45, 2.75) is 51.3 Å². The highest BCUT2D eigenvalue weighted by atomic mass is 16.5. The molecule has 1 atom stereocenters. The highest BCUT2D eigenvalue weighted by Crippen LogP contribution is 2.32. The molecular weight excluding hydrogens is 600 g/mol. The Morgan fingerprint density at radius 3 is 2.37 bits per heavy atom. The minimum absolute atomic E-state index is 0.00505. The first-order valence-corrected chi connectivity index (χ1v) is 15.1. The molecule has 2 bridgehead atoms. The number of imidazole rings is 2. The summed E-state index contributed by atoms with van der Waals surface area (Å²) in [6, 6.07) is 5.77. The number of carboxylic acid groups (broad SMARTS) is 2. The van der Waals surface area contributed by atoms with Gasteiger partial charge in [-0.25, -0.2) is 9.97 Å². The maximum absolute atomic E-state index is 13.3. The molecule has 0 radical (unpaired) electrons. The van der Waals surface area contributed by atoms with E-state index >= 15 is 0 Å². The molecule has 1 aromatic carbocycles. The van der Waals surface area contributed by atoms with Crippen LogP contribution in [0.15, 0.2) is 49.3 Å². The Hall–Kier alpha value is -4.92. The lowest BCUT2D eigenvalue weighted by Crippen LogP contribution is -2.41. The van der Waals surface area contributed by atoms with Crippen molar-refractivity contribution in [3.63, 3.8) is 0 Å². The first kappa shape index (κ1) is 35.6. The van der Waals surface area contributed by atoms with E-state index in [1.165, 1.54) is 0 Å². The van der Waals surface area contributed by atoms with Crippen molar-refractivity contribution in [1.82, 2.24) is 28.9 Å². The van der Waals surface area contributed by atoms with Crippen molar-refractivity contribution < 1.29 is 43.6 Å². The van der Waals surface area contributed by atoms with E-state index in [0.717, 1.165) is 50.0 Å². The van der Waals surface area contributed by atoms with Crippen LogP contribution in [-0.4, -0.2) is 116 Å². The molecule has 2 aliphatic heterocycles. The third-order valence-electron chi connectivity index (χ3n) is 7.44. The number of aromatic nitrogens is 4. The van der Waals surface area contributed by atoms with Crippen molar-refractivity contribution >= 4 is 24.8 Å². The van der Waals surface area contributed by atoms with E-state index in [4.69, 9.17) is 34.0 Å². The normalized spacial score (nSPS) is 17.0. The zero-order valence-corrected chi connectivity index (χ0v) is 26.0. The standard InChI is InChI=1S/C29H38N6O5.2CH2O2/c1-38-24-8-7-23-20-26(24)40-19-17-33(27(36)21-32-15-9-30-22-32)11-2-3-12-35(29(37)25-6-4-18-39-25)14-5-13-34-16-10-31-28(23)34;2*2-1-3/h7-10,15-16,20,22,25H,2-6,11-14,17-19,21H2,1H3;2*1H,(H,2,3)/t25-;;/m1../s1. The first-order valence-electron chi connectivity index (χ1n) is 15.1. The number of fused-ring (bicyclic) bond motifs is 4. The average Bonchev–Trinajstić information content (AvgIpc) is 3.85. The van der Waals surface area contributed by atoms with Gasteiger partial charge < -0.3 is 43.4 Å². The molecule has 0 unspecified atom stereocenters. The molecule has 1 fully saturated rings. The number of rotatable bonds is 4. The van der Waals surface area contributed by atoms with Gasteiger partial charge in [-0.15, -0.1) is 0 Å². The number of ether oxygens (including phenoxy) is 3. The van der Waals surface area contributed by atoms with Gasteiger partial charge in [-0.05, 0) is 50.3 Å². The van der Waals surface area contributed by atoms with Crippen LogP contribution in [0.1, 0.15) is 32.1 Å². The Balaban J connectivity index is 0.000000891. The number of methoxy groups -OCH3 is 1. The predicted octanol–water partition coefficient (Wildman–Crippen LogP) is 2.26. The molecule has 4 heterocycles. The summed E-state index contributed by atoms with van der Waals surface area (Å²) in [5.41, 5.74) is 0.908. The van der Waals surface area contributed by atoms with E-state index in [-0.39, 0.29) is 37.4 Å². The molecule has 0 aliphatic carbocycles. The first-order chi connectivity index (χ1) is 22.4. The maximum Gasteiger partial charge on any atom is 0.290 e. The van der Waals surface area contributed by atoms with Gasteiger partial charge in [0.1, 0.15) is 25.1 Å². The van der Waals surface area contributed by atoms with Crippen molar-refractivity contribution in [3.05, 3.63) is 49.3 Å². The molecule has 2 aliphatic rings. The van der Waals surface area contributed by atoms with E-state index in [2.05, 4.69) is 14.5 Å². The summed E-state index contributed by atoms with van der Waals surface area (Å²) in [4.78, 5) is 55.6. The van der Waals surface area contributed by atoms with Crippen LogP contribution in [0.5, 0.6) is 11.5 Å². The van der Waals surface area contributed by atoms with E-state index in [9.17, 15) is 9.59 Å². The van der Waals surface area contributed by atoms with E-state index < -0.39 is 0 Å². The molecule has 1 saturated heterocycles. The highest BCUT2D eigenvalue weighted by Gasteiger charge is 2.28. The number of hydrogen-bond donors (Lipinski definition) is 2. The lowest BCUT2D eigenvalue weighted by atomic mass is 10.1. The zero-order valence-electron chi connectivity index (χ0n) is 26.0. The fourth-order valence-electron chi connectivity index (χ4n) is 5.29. The van der Waals surface area contributed by atoms with Gasteiger partial charge in [0.25, 0.3) is 18.9 Å². The molecular formula is C31H42N6O9. The van der Waals surface area contributed by atoms with Gasteiger partial charge in [0.2, 0.25) is 5.91 Å². The van der Waals surface area contributed by atoms with Crippen molar-refractivity contribution in [2.75, 3.05) is 46.5 Å². The van der Waals surface area contributed by atoms with Gasteiger partial charge in [0.15, 0.2) is 11.5 Å². The SMILES string of the molecule is COc1ccc2cc1OCCN(C(=O)Cn1ccnc1)CCCCN(C(=O)[C@H]1CCCO1)CCCn1ccnc1-2.O=CO.O=CO. The molecule has 250 valence electrons. The van der Waals surface area contributed by atoms with Crippen LogP contribution in [0.4, 0.5) is 0 Å². The summed E-state index contributed by atoms with van der Waals surface area (Å²) < 4.78 is 21.3. The summed E-state index contributed by atoms with van der Waals surface area (Å²) in [6.45, 7) is 3.66. The molecule has 15 heteroatoms. The van der Waals surface area contributed by atoms with Crippen LogP contribution in [0.25, 0.3) is 11.4 Å². The minimum Gasteiger partial charge on any atom is -0.493 e. The minimum atomic E-state index is -0.346. The molecule has 15 nitrogen and oxygen atoms in total. The molecule has 5 rings (SSSR count). The second kappa shape index (κ2) is 19.5. The molecule has 0 spiro atoms. The quantitative estimate of drug-likeness (QED) is 0.399. The van der Waals surface area contributed by atoms with Gasteiger partial charge in [-0.3, -0.25) is 19.2 Å². The van der Waals surface area contributed by atoms with Gasteiger partial charge in [0, 0.05) is 63.1 Å². The van der Waals surface area contributed by atoms with Gasteiger partial charge >= 0.3 is 0 Å². The van der Waals surface area contributed by atoms with E-state index in [1.54, 1.807) is 36.6 Å². The number of carbonyl (C=O) groups excluding carboxylic acids is 2. The van der Waals surface area contributed by atoms with Crippen molar-refractivity contribution in [3.8, 4) is 22.9 Å². The lowest BCUT2D eigenvalue weighted by Gasteiger charge is -2.27. The summed E-state index contributed by atoms with van der Waals surface area (Å²) in [5.74, 6) is 2.12. The number of hydrogen-bond acceptors (Lipinski definition) is 9. The van der Waals surface area contributed by atoms with Gasteiger partial charge in [-0.2, -0.15) is 0 Å². The molecule has 46 heavy (non-hydrogen) atoms. The third-order valence-corrected chi connectivity index (χ3v) is 7.44. The van der Waals surface area contributed by atoms with Crippen LogP contribution in [0.2, 0.25) is 0 Å². The second-order valence-electron chi connectivity index (χ2n) is 10.4.